The maximum Gasteiger partial charge on any atom is 0.126 e. The Labute approximate surface area is 93.7 Å². The molecule has 0 aliphatic heterocycles. The van der Waals surface area contributed by atoms with Crippen molar-refractivity contribution in [3.8, 4) is 0 Å². The molecule has 84 valence electrons. The van der Waals surface area contributed by atoms with Crippen LogP contribution in [0.1, 0.15) is 23.7 Å². The Morgan fingerprint density at radius 2 is 2.20 bits per heavy atom. The first-order valence-electron chi connectivity index (χ1n) is 4.70. The zero-order valence-electron chi connectivity index (χ0n) is 8.52. The third-order valence-corrected chi connectivity index (χ3v) is 2.47. The van der Waals surface area contributed by atoms with E-state index in [0.29, 0.717) is 23.7 Å². The van der Waals surface area contributed by atoms with Crippen LogP contribution in [0.2, 0.25) is 0 Å². The average Bonchev–Trinajstić information content (AvgIpc) is 2.21. The van der Waals surface area contributed by atoms with Crippen LogP contribution in [0.15, 0.2) is 12.3 Å². The lowest BCUT2D eigenvalue weighted by atomic mass is 10.0. The van der Waals surface area contributed by atoms with E-state index in [1.165, 1.54) is 6.20 Å². The second kappa shape index (κ2) is 5.30. The standard InChI is InChI=1S/C10H15ClN2O2/c1-6-4-7(5-13-10(6)12)9(15)8(14)2-3-11/h4-5,8-9,14-15H,2-3H2,1H3,(H2,12,13). The highest BCUT2D eigenvalue weighted by atomic mass is 35.5. The number of nitrogens with two attached hydrogens (primary N) is 1. The summed E-state index contributed by atoms with van der Waals surface area (Å²) in [7, 11) is 0. The molecule has 1 heterocycles. The van der Waals surface area contributed by atoms with Crippen molar-refractivity contribution in [3.63, 3.8) is 0 Å². The molecule has 0 amide bonds. The number of aliphatic hydroxyl groups is 2. The van der Waals surface area contributed by atoms with E-state index in [1.807, 2.05) is 0 Å². The summed E-state index contributed by atoms with van der Waals surface area (Å²) in [5.74, 6) is 0.734. The van der Waals surface area contributed by atoms with E-state index in [2.05, 4.69) is 4.98 Å². The lowest BCUT2D eigenvalue weighted by molar-refractivity contribution is 0.0168. The molecule has 0 bridgehead atoms. The largest absolute Gasteiger partial charge is 0.390 e. The van der Waals surface area contributed by atoms with E-state index in [0.717, 1.165) is 5.56 Å². The van der Waals surface area contributed by atoms with Gasteiger partial charge in [0.05, 0.1) is 6.10 Å². The molecule has 2 unspecified atom stereocenters. The second-order valence-electron chi connectivity index (χ2n) is 3.46. The molecule has 0 saturated carbocycles. The van der Waals surface area contributed by atoms with Crippen LogP contribution in [0.4, 0.5) is 5.82 Å². The molecule has 0 radical (unpaired) electrons. The lowest BCUT2D eigenvalue weighted by Gasteiger charge is -2.17. The Hall–Kier alpha value is -0.840. The van der Waals surface area contributed by atoms with Gasteiger partial charge in [-0.1, -0.05) is 0 Å². The van der Waals surface area contributed by atoms with Gasteiger partial charge in [-0.3, -0.25) is 0 Å². The van der Waals surface area contributed by atoms with E-state index in [4.69, 9.17) is 17.3 Å². The number of hydrogen-bond acceptors (Lipinski definition) is 4. The number of aryl methyl sites for hydroxylation is 1. The number of anilines is 1. The van der Waals surface area contributed by atoms with E-state index >= 15 is 0 Å². The summed E-state index contributed by atoms with van der Waals surface area (Å²) in [5, 5.41) is 19.3. The molecule has 0 spiro atoms. The highest BCUT2D eigenvalue weighted by molar-refractivity contribution is 6.17. The number of rotatable bonds is 4. The molecular weight excluding hydrogens is 216 g/mol. The summed E-state index contributed by atoms with van der Waals surface area (Å²) in [6.45, 7) is 1.80. The molecule has 1 aromatic heterocycles. The van der Waals surface area contributed by atoms with Gasteiger partial charge in [0.15, 0.2) is 0 Å². The van der Waals surface area contributed by atoms with E-state index < -0.39 is 12.2 Å². The number of alkyl halides is 1. The molecule has 5 heteroatoms. The number of aliphatic hydroxyl groups excluding tert-OH is 2. The quantitative estimate of drug-likeness (QED) is 0.674. The van der Waals surface area contributed by atoms with Crippen molar-refractivity contribution in [1.82, 2.24) is 4.98 Å². The van der Waals surface area contributed by atoms with Gasteiger partial charge in [0.2, 0.25) is 0 Å². The van der Waals surface area contributed by atoms with Crippen LogP contribution < -0.4 is 5.73 Å². The van der Waals surface area contributed by atoms with Crippen LogP contribution in [0.3, 0.4) is 0 Å². The predicted molar refractivity (Wildman–Crippen MR) is 59.7 cm³/mol. The van der Waals surface area contributed by atoms with Crippen LogP contribution >= 0.6 is 11.6 Å². The van der Waals surface area contributed by atoms with Crippen LogP contribution in [-0.2, 0) is 0 Å². The zero-order chi connectivity index (χ0) is 11.4. The Kier molecular flexibility index (Phi) is 4.32. The van der Waals surface area contributed by atoms with Crippen molar-refractivity contribution >= 4 is 17.4 Å². The summed E-state index contributed by atoms with van der Waals surface area (Å²) in [4.78, 5) is 3.92. The van der Waals surface area contributed by atoms with Gasteiger partial charge in [-0.15, -0.1) is 11.6 Å². The highest BCUT2D eigenvalue weighted by Gasteiger charge is 2.18. The normalized spacial score (nSPS) is 14.9. The Morgan fingerprint density at radius 3 is 2.73 bits per heavy atom. The monoisotopic (exact) mass is 230 g/mol. The average molecular weight is 231 g/mol. The fourth-order valence-corrected chi connectivity index (χ4v) is 1.48. The smallest absolute Gasteiger partial charge is 0.126 e. The van der Waals surface area contributed by atoms with Crippen molar-refractivity contribution in [1.29, 1.82) is 0 Å². The molecule has 2 atom stereocenters. The maximum absolute atomic E-state index is 9.75. The van der Waals surface area contributed by atoms with E-state index in [9.17, 15) is 10.2 Å². The summed E-state index contributed by atoms with van der Waals surface area (Å²) < 4.78 is 0. The second-order valence-corrected chi connectivity index (χ2v) is 3.84. The van der Waals surface area contributed by atoms with Gasteiger partial charge in [-0.2, -0.15) is 0 Å². The molecule has 15 heavy (non-hydrogen) atoms. The molecule has 0 aliphatic carbocycles. The maximum atomic E-state index is 9.75. The molecule has 1 rings (SSSR count). The topological polar surface area (TPSA) is 79.4 Å². The molecule has 0 aliphatic rings. The minimum absolute atomic E-state index is 0.305. The lowest BCUT2D eigenvalue weighted by Crippen LogP contribution is -2.19. The first kappa shape index (κ1) is 12.2. The molecule has 0 aromatic carbocycles. The van der Waals surface area contributed by atoms with Gasteiger partial charge in [0.1, 0.15) is 11.9 Å². The number of nitrogen functional groups attached to an aromatic ring is 1. The van der Waals surface area contributed by atoms with Crippen molar-refractivity contribution in [2.24, 2.45) is 0 Å². The summed E-state index contributed by atoms with van der Waals surface area (Å²) in [5.41, 5.74) is 6.88. The van der Waals surface area contributed by atoms with Crippen molar-refractivity contribution in [2.75, 3.05) is 11.6 Å². The van der Waals surface area contributed by atoms with Gasteiger partial charge in [-0.25, -0.2) is 4.98 Å². The highest BCUT2D eigenvalue weighted by Crippen LogP contribution is 2.21. The van der Waals surface area contributed by atoms with Crippen LogP contribution in [0.5, 0.6) is 0 Å². The third kappa shape index (κ3) is 3.06. The first-order valence-corrected chi connectivity index (χ1v) is 5.23. The van der Waals surface area contributed by atoms with Gasteiger partial charge in [-0.05, 0) is 25.0 Å². The first-order chi connectivity index (χ1) is 7.06. The number of nitrogens with zero attached hydrogens (tertiary/aromatic N) is 1. The number of aromatic nitrogens is 1. The van der Waals surface area contributed by atoms with Gasteiger partial charge >= 0.3 is 0 Å². The summed E-state index contributed by atoms with van der Waals surface area (Å²) in [6, 6.07) is 1.71. The predicted octanol–water partition coefficient (Wildman–Crippen LogP) is 0.995. The van der Waals surface area contributed by atoms with Crippen LogP contribution in [0.25, 0.3) is 0 Å². The fraction of sp³-hybridized carbons (Fsp3) is 0.500. The Balaban J connectivity index is 2.81. The van der Waals surface area contributed by atoms with Crippen molar-refractivity contribution < 1.29 is 10.2 Å². The zero-order valence-corrected chi connectivity index (χ0v) is 9.28. The van der Waals surface area contributed by atoms with Gasteiger partial charge in [0, 0.05) is 17.6 Å². The molecule has 0 fully saturated rings. The molecule has 1 aromatic rings. The van der Waals surface area contributed by atoms with Crippen molar-refractivity contribution in [2.45, 2.75) is 25.6 Å². The van der Waals surface area contributed by atoms with Crippen molar-refractivity contribution in [3.05, 3.63) is 23.4 Å². The van der Waals surface area contributed by atoms with E-state index in [-0.39, 0.29) is 0 Å². The van der Waals surface area contributed by atoms with Crippen LogP contribution in [0, 0.1) is 6.92 Å². The van der Waals surface area contributed by atoms with Gasteiger partial charge < -0.3 is 15.9 Å². The SMILES string of the molecule is Cc1cc(C(O)C(O)CCCl)cnc1N. The Bertz CT molecular complexity index is 333. The van der Waals surface area contributed by atoms with Crippen LogP contribution in [-0.4, -0.2) is 27.2 Å². The summed E-state index contributed by atoms with van der Waals surface area (Å²) >= 11 is 5.48. The number of halogens is 1. The van der Waals surface area contributed by atoms with E-state index in [1.54, 1.807) is 13.0 Å². The molecule has 0 saturated heterocycles. The van der Waals surface area contributed by atoms with Gasteiger partial charge in [0.25, 0.3) is 0 Å². The Morgan fingerprint density at radius 1 is 1.53 bits per heavy atom. The third-order valence-electron chi connectivity index (χ3n) is 2.25. The fourth-order valence-electron chi connectivity index (χ4n) is 1.26. The number of hydrogen-bond donors (Lipinski definition) is 3. The minimum atomic E-state index is -0.962. The molecule has 4 nitrogen and oxygen atoms in total. The molecular formula is C10H15ClN2O2. The molecule has 4 N–H and O–H groups in total. The number of pyridine rings is 1. The minimum Gasteiger partial charge on any atom is -0.390 e. The summed E-state index contributed by atoms with van der Waals surface area (Å²) in [6.07, 6.45) is -0.0285.